The number of benzene rings is 2. The van der Waals surface area contributed by atoms with Crippen molar-refractivity contribution < 1.29 is 24.8 Å². The van der Waals surface area contributed by atoms with Crippen molar-refractivity contribution in [1.29, 1.82) is 0 Å². The van der Waals surface area contributed by atoms with Crippen molar-refractivity contribution in [2.24, 2.45) is 0 Å². The molecule has 8 nitrogen and oxygen atoms in total. The Morgan fingerprint density at radius 2 is 1.71 bits per heavy atom. The maximum absolute atomic E-state index is 10.2. The van der Waals surface area contributed by atoms with Crippen LogP contribution < -0.4 is 20.4 Å². The lowest BCUT2D eigenvalue weighted by atomic mass is 9.78. The van der Waals surface area contributed by atoms with E-state index >= 15 is 0 Å². The molecule has 3 rings (SSSR count). The molecule has 0 spiro atoms. The number of β-amino-alcohol motifs (C(OH)–C–C–N with tert-alkyl or cyclic N) is 1. The molecule has 0 saturated carbocycles. The van der Waals surface area contributed by atoms with Crippen molar-refractivity contribution in [2.75, 3.05) is 32.2 Å². The van der Waals surface area contributed by atoms with Gasteiger partial charge in [0.2, 0.25) is 0 Å². The van der Waals surface area contributed by atoms with Crippen LogP contribution in [0.2, 0.25) is 0 Å². The number of alkyl halides is 1. The molecule has 1 aliphatic rings. The minimum Gasteiger partial charge on any atom is -0.491 e. The second kappa shape index (κ2) is 12.3. The molecular formula is C24H31ClIN3O5. The number of aliphatic hydroxyl groups is 3. The number of nitrogens with one attached hydrogen (secondary N) is 2. The van der Waals surface area contributed by atoms with Gasteiger partial charge in [-0.05, 0) is 58.0 Å². The Bertz CT molecular complexity index is 974. The van der Waals surface area contributed by atoms with Gasteiger partial charge in [0.05, 0.1) is 28.3 Å². The second-order valence-corrected chi connectivity index (χ2v) is 10.1. The van der Waals surface area contributed by atoms with Gasteiger partial charge in [0, 0.05) is 11.6 Å². The molecule has 0 aromatic heterocycles. The van der Waals surface area contributed by atoms with E-state index in [1.54, 1.807) is 11.2 Å². The Kier molecular flexibility index (Phi) is 9.69. The molecule has 0 fully saturated rings. The number of rotatable bonds is 12. The summed E-state index contributed by atoms with van der Waals surface area (Å²) in [5.74, 6) is 1.53. The van der Waals surface area contributed by atoms with E-state index in [9.17, 15) is 10.2 Å². The summed E-state index contributed by atoms with van der Waals surface area (Å²) in [4.78, 5) is 0. The van der Waals surface area contributed by atoms with Crippen molar-refractivity contribution in [2.45, 2.75) is 31.5 Å². The van der Waals surface area contributed by atoms with Crippen LogP contribution in [0.1, 0.15) is 25.0 Å². The number of halogens is 2. The lowest BCUT2D eigenvalue weighted by Gasteiger charge is -2.27. The molecule has 1 aliphatic heterocycles. The van der Waals surface area contributed by atoms with E-state index in [1.165, 1.54) is 0 Å². The van der Waals surface area contributed by atoms with Gasteiger partial charge in [-0.15, -0.1) is 17.1 Å². The molecular weight excluding hydrogens is 573 g/mol. The number of hydrogen-bond donors (Lipinski definition) is 5. The largest absolute Gasteiger partial charge is 0.491 e. The zero-order valence-corrected chi connectivity index (χ0v) is 22.1. The molecule has 2 atom stereocenters. The summed E-state index contributed by atoms with van der Waals surface area (Å²) in [5, 5.41) is 30.6. The third kappa shape index (κ3) is 7.12. The molecule has 0 radical (unpaired) electrons. The van der Waals surface area contributed by atoms with Gasteiger partial charge in [0.15, 0.2) is 0 Å². The van der Waals surface area contributed by atoms with E-state index in [0.717, 1.165) is 20.4 Å². The first-order valence-electron chi connectivity index (χ1n) is 10.9. The summed E-state index contributed by atoms with van der Waals surface area (Å²) in [6, 6.07) is 13.9. The average molecular weight is 604 g/mol. The molecule has 0 aliphatic carbocycles. The lowest BCUT2D eigenvalue weighted by molar-refractivity contribution is 0.0687. The van der Waals surface area contributed by atoms with Crippen molar-refractivity contribution in [3.05, 3.63) is 69.1 Å². The quantitative estimate of drug-likeness (QED) is 0.186. The second-order valence-electron chi connectivity index (χ2n) is 8.58. The van der Waals surface area contributed by atoms with Crippen LogP contribution in [0.25, 0.3) is 0 Å². The summed E-state index contributed by atoms with van der Waals surface area (Å²) in [5.41, 5.74) is 8.27. The van der Waals surface area contributed by atoms with E-state index in [4.69, 9.17) is 26.2 Å². The van der Waals surface area contributed by atoms with Crippen LogP contribution in [0.15, 0.2) is 54.4 Å². The highest BCUT2D eigenvalue weighted by Gasteiger charge is 2.24. The highest BCUT2D eigenvalue weighted by Crippen LogP contribution is 2.35. The molecule has 10 heteroatoms. The van der Waals surface area contributed by atoms with Crippen LogP contribution in [0.4, 0.5) is 0 Å². The summed E-state index contributed by atoms with van der Waals surface area (Å²) >= 11 is 7.87. The van der Waals surface area contributed by atoms with E-state index in [0.29, 0.717) is 18.0 Å². The Morgan fingerprint density at radius 1 is 1.03 bits per heavy atom. The molecule has 1 heterocycles. The molecule has 2 aromatic rings. The molecule has 0 saturated heterocycles. The Hall–Kier alpha value is -1.76. The number of ether oxygens (including phenoxy) is 2. The Balaban J connectivity index is 1.57. The third-order valence-corrected chi connectivity index (χ3v) is 6.73. The smallest absolute Gasteiger partial charge is 0.132 e. The minimum atomic E-state index is -0.715. The van der Waals surface area contributed by atoms with Crippen LogP contribution in [0, 0.1) is 3.57 Å². The molecule has 0 unspecified atom stereocenters. The van der Waals surface area contributed by atoms with Gasteiger partial charge >= 0.3 is 0 Å². The van der Waals surface area contributed by atoms with Crippen molar-refractivity contribution in [3.63, 3.8) is 0 Å². The van der Waals surface area contributed by atoms with Gasteiger partial charge in [-0.1, -0.05) is 32.0 Å². The molecule has 5 N–H and O–H groups in total. The third-order valence-electron chi connectivity index (χ3n) is 5.53. The van der Waals surface area contributed by atoms with Crippen molar-refractivity contribution in [1.82, 2.24) is 16.0 Å². The summed E-state index contributed by atoms with van der Waals surface area (Å²) < 4.78 is 12.4. The van der Waals surface area contributed by atoms with E-state index in [-0.39, 0.29) is 31.1 Å². The fourth-order valence-corrected chi connectivity index (χ4v) is 4.18. The molecule has 2 aromatic carbocycles. The minimum absolute atomic E-state index is 0.103. The average Bonchev–Trinajstić information content (AvgIpc) is 3.29. The van der Waals surface area contributed by atoms with Crippen LogP contribution in [-0.4, -0.2) is 64.8 Å². The first-order valence-corrected chi connectivity index (χ1v) is 12.5. The van der Waals surface area contributed by atoms with Gasteiger partial charge < -0.3 is 30.2 Å². The number of aliphatic hydroxyl groups excluding tert-OH is 3. The molecule has 0 amide bonds. The number of hydrogen-bond acceptors (Lipinski definition) is 8. The van der Waals surface area contributed by atoms with Crippen LogP contribution in [0.5, 0.6) is 11.5 Å². The van der Waals surface area contributed by atoms with Crippen molar-refractivity contribution in [3.8, 4) is 11.5 Å². The molecule has 34 heavy (non-hydrogen) atoms. The van der Waals surface area contributed by atoms with Crippen LogP contribution >= 0.6 is 34.2 Å². The highest BCUT2D eigenvalue weighted by atomic mass is 127. The van der Waals surface area contributed by atoms with E-state index < -0.39 is 12.2 Å². The lowest BCUT2D eigenvalue weighted by Crippen LogP contribution is -2.42. The highest BCUT2D eigenvalue weighted by molar-refractivity contribution is 14.1. The van der Waals surface area contributed by atoms with Gasteiger partial charge in [0.25, 0.3) is 0 Å². The predicted molar refractivity (Wildman–Crippen MR) is 140 cm³/mol. The fraction of sp³-hybridized carbons (Fsp3) is 0.417. The predicted octanol–water partition coefficient (Wildman–Crippen LogP) is 2.49. The van der Waals surface area contributed by atoms with Gasteiger partial charge in [0.1, 0.15) is 36.9 Å². The zero-order chi connectivity index (χ0) is 24.7. The van der Waals surface area contributed by atoms with Crippen LogP contribution in [-0.2, 0) is 5.41 Å². The maximum Gasteiger partial charge on any atom is 0.132 e. The Labute approximate surface area is 218 Å². The first kappa shape index (κ1) is 26.8. The van der Waals surface area contributed by atoms with Crippen molar-refractivity contribution >= 4 is 34.2 Å². The molecule has 186 valence electrons. The van der Waals surface area contributed by atoms with Gasteiger partial charge in [-0.2, -0.15) is 0 Å². The van der Waals surface area contributed by atoms with E-state index in [2.05, 4.69) is 53.5 Å². The summed E-state index contributed by atoms with van der Waals surface area (Å²) in [6.07, 6.45) is 0.289. The molecule has 0 bridgehead atoms. The number of nitrogens with zero attached hydrogens (tertiary/aromatic N) is 1. The standard InChI is InChI=1S/C24H31ClIN3O5/c1-24(2,17-5-8-23(22(26)9-17)34-14-19(31)10-25)16-3-6-21(7-4-16)33-15-20(32)12-29-11-18(13-30)27-28-29/h3-9,11,19-20,27-28,30-32H,10,12-15H2,1-2H3/t19-,20-/m0/s1. The monoisotopic (exact) mass is 603 g/mol. The van der Waals surface area contributed by atoms with Gasteiger partial charge in [-0.3, -0.25) is 5.01 Å². The SMILES string of the molecule is CC(C)(c1ccc(OC[C@@H](O)CN2C=C(CO)NN2)cc1)c1ccc(OC[C@@H](O)CCl)c(I)c1. The Morgan fingerprint density at radius 3 is 2.32 bits per heavy atom. The maximum atomic E-state index is 10.2. The summed E-state index contributed by atoms with van der Waals surface area (Å²) in [6.45, 7) is 4.81. The number of hydrazine groups is 2. The van der Waals surface area contributed by atoms with Crippen LogP contribution in [0.3, 0.4) is 0 Å². The fourth-order valence-electron chi connectivity index (χ4n) is 3.42. The first-order chi connectivity index (χ1) is 16.2. The van der Waals surface area contributed by atoms with Gasteiger partial charge in [-0.25, -0.2) is 0 Å². The topological polar surface area (TPSA) is 106 Å². The summed E-state index contributed by atoms with van der Waals surface area (Å²) in [7, 11) is 0. The zero-order valence-electron chi connectivity index (χ0n) is 19.2. The normalized spacial score (nSPS) is 15.5. The van der Waals surface area contributed by atoms with E-state index in [1.807, 2.05) is 36.4 Å².